The van der Waals surface area contributed by atoms with Gasteiger partial charge >= 0.3 is 0 Å². The summed E-state index contributed by atoms with van der Waals surface area (Å²) >= 11 is 0. The second kappa shape index (κ2) is 4.22. The standard InChI is InChI=1S/C14H13NO3/c16-11-8-4-7-10-12(11)14(15-13(10)17)18-9-5-2-1-3-6-9/h1-3,5-6,15,17H,4,7-8H2. The van der Waals surface area contributed by atoms with Gasteiger partial charge in [-0.3, -0.25) is 9.78 Å². The number of rotatable bonds is 2. The van der Waals surface area contributed by atoms with Crippen molar-refractivity contribution in [3.63, 3.8) is 0 Å². The molecule has 0 saturated carbocycles. The SMILES string of the molecule is O=C1CCCc2c(O)[nH]c(Oc3ccccc3)c21. The molecule has 0 fully saturated rings. The van der Waals surface area contributed by atoms with Crippen molar-refractivity contribution in [3.8, 4) is 17.5 Å². The third kappa shape index (κ3) is 1.76. The maximum atomic E-state index is 11.9. The van der Waals surface area contributed by atoms with Crippen LogP contribution in [-0.2, 0) is 6.42 Å². The normalized spacial score (nSPS) is 14.3. The summed E-state index contributed by atoms with van der Waals surface area (Å²) in [6.45, 7) is 0. The molecule has 0 bridgehead atoms. The van der Waals surface area contributed by atoms with Gasteiger partial charge in [0.25, 0.3) is 0 Å². The van der Waals surface area contributed by atoms with Gasteiger partial charge in [-0.2, -0.15) is 0 Å². The van der Waals surface area contributed by atoms with Crippen LogP contribution in [0.15, 0.2) is 30.3 Å². The molecule has 2 N–H and O–H groups in total. The van der Waals surface area contributed by atoms with Gasteiger partial charge in [0.05, 0.1) is 5.56 Å². The van der Waals surface area contributed by atoms with Gasteiger partial charge in [0.1, 0.15) is 5.75 Å². The molecule has 1 aromatic heterocycles. The minimum Gasteiger partial charge on any atom is -0.494 e. The Morgan fingerprint density at radius 1 is 1.17 bits per heavy atom. The number of H-pyrrole nitrogens is 1. The summed E-state index contributed by atoms with van der Waals surface area (Å²) in [7, 11) is 0. The van der Waals surface area contributed by atoms with E-state index in [2.05, 4.69) is 4.98 Å². The van der Waals surface area contributed by atoms with Crippen LogP contribution in [0.1, 0.15) is 28.8 Å². The minimum absolute atomic E-state index is 0.0266. The molecule has 0 radical (unpaired) electrons. The lowest BCUT2D eigenvalue weighted by atomic mass is 9.94. The zero-order valence-electron chi connectivity index (χ0n) is 9.77. The topological polar surface area (TPSA) is 62.3 Å². The molecule has 92 valence electrons. The number of carbonyl (C=O) groups is 1. The fraction of sp³-hybridized carbons (Fsp3) is 0.214. The Bertz CT molecular complexity index is 587. The lowest BCUT2D eigenvalue weighted by Crippen LogP contribution is -2.09. The fourth-order valence-electron chi connectivity index (χ4n) is 2.27. The van der Waals surface area contributed by atoms with Gasteiger partial charge in [-0.25, -0.2) is 0 Å². The van der Waals surface area contributed by atoms with E-state index in [1.165, 1.54) is 0 Å². The van der Waals surface area contributed by atoms with Crippen LogP contribution in [0, 0.1) is 0 Å². The van der Waals surface area contributed by atoms with Gasteiger partial charge in [0, 0.05) is 12.0 Å². The van der Waals surface area contributed by atoms with E-state index in [4.69, 9.17) is 4.74 Å². The number of hydrogen-bond donors (Lipinski definition) is 2. The number of aromatic amines is 1. The van der Waals surface area contributed by atoms with E-state index >= 15 is 0 Å². The van der Waals surface area contributed by atoms with Crippen LogP contribution in [0.4, 0.5) is 0 Å². The third-order valence-corrected chi connectivity index (χ3v) is 3.12. The number of carbonyl (C=O) groups excluding carboxylic acids is 1. The van der Waals surface area contributed by atoms with Crippen molar-refractivity contribution in [2.24, 2.45) is 0 Å². The largest absolute Gasteiger partial charge is 0.494 e. The predicted molar refractivity (Wildman–Crippen MR) is 66.2 cm³/mol. The molecule has 0 saturated heterocycles. The summed E-state index contributed by atoms with van der Waals surface area (Å²) in [6, 6.07) is 9.20. The number of aromatic hydroxyl groups is 1. The molecule has 0 aliphatic heterocycles. The van der Waals surface area contributed by atoms with Gasteiger partial charge < -0.3 is 9.84 Å². The maximum Gasteiger partial charge on any atom is 0.211 e. The van der Waals surface area contributed by atoms with Gasteiger partial charge in [0.2, 0.25) is 5.88 Å². The van der Waals surface area contributed by atoms with Crippen molar-refractivity contribution in [2.45, 2.75) is 19.3 Å². The van der Waals surface area contributed by atoms with E-state index in [9.17, 15) is 9.90 Å². The summed E-state index contributed by atoms with van der Waals surface area (Å²) in [4.78, 5) is 14.6. The molecule has 0 spiro atoms. The lowest BCUT2D eigenvalue weighted by Gasteiger charge is -2.11. The van der Waals surface area contributed by atoms with Crippen molar-refractivity contribution in [1.82, 2.24) is 4.98 Å². The number of hydrogen-bond acceptors (Lipinski definition) is 3. The molecule has 1 aliphatic rings. The van der Waals surface area contributed by atoms with Crippen molar-refractivity contribution < 1.29 is 14.6 Å². The van der Waals surface area contributed by atoms with Gasteiger partial charge in [-0.15, -0.1) is 0 Å². The first-order valence-electron chi connectivity index (χ1n) is 5.95. The number of benzene rings is 1. The van der Waals surface area contributed by atoms with Crippen LogP contribution in [0.25, 0.3) is 0 Å². The van der Waals surface area contributed by atoms with E-state index in [0.29, 0.717) is 35.6 Å². The van der Waals surface area contributed by atoms with Crippen LogP contribution in [0.2, 0.25) is 0 Å². The summed E-state index contributed by atoms with van der Waals surface area (Å²) in [5.41, 5.74) is 1.18. The molecule has 1 aliphatic carbocycles. The Morgan fingerprint density at radius 2 is 1.94 bits per heavy atom. The van der Waals surface area contributed by atoms with Crippen LogP contribution in [-0.4, -0.2) is 15.9 Å². The Balaban J connectivity index is 2.01. The molecule has 0 amide bonds. The number of fused-ring (bicyclic) bond motifs is 1. The van der Waals surface area contributed by atoms with Crippen LogP contribution < -0.4 is 4.74 Å². The highest BCUT2D eigenvalue weighted by Crippen LogP contribution is 2.37. The summed E-state index contributed by atoms with van der Waals surface area (Å²) in [6.07, 6.45) is 2.00. The Kier molecular flexibility index (Phi) is 2.55. The Hall–Kier alpha value is -2.23. The molecular formula is C14H13NO3. The zero-order valence-corrected chi connectivity index (χ0v) is 9.77. The molecule has 4 heteroatoms. The Labute approximate surface area is 104 Å². The molecule has 3 rings (SSSR count). The van der Waals surface area contributed by atoms with Gasteiger partial charge in [-0.05, 0) is 25.0 Å². The highest BCUT2D eigenvalue weighted by Gasteiger charge is 2.27. The number of nitrogens with one attached hydrogen (secondary N) is 1. The predicted octanol–water partition coefficient (Wildman–Crippen LogP) is 3.03. The average molecular weight is 243 g/mol. The molecule has 2 aromatic rings. The highest BCUT2D eigenvalue weighted by atomic mass is 16.5. The van der Waals surface area contributed by atoms with E-state index in [-0.39, 0.29) is 11.7 Å². The summed E-state index contributed by atoms with van der Waals surface area (Å²) in [5, 5.41) is 9.79. The number of ether oxygens (including phenoxy) is 1. The summed E-state index contributed by atoms with van der Waals surface area (Å²) < 4.78 is 5.63. The van der Waals surface area contributed by atoms with E-state index in [1.807, 2.05) is 18.2 Å². The fourth-order valence-corrected chi connectivity index (χ4v) is 2.27. The van der Waals surface area contributed by atoms with Crippen LogP contribution in [0.3, 0.4) is 0 Å². The molecule has 0 atom stereocenters. The monoisotopic (exact) mass is 243 g/mol. The molecule has 1 aromatic carbocycles. The quantitative estimate of drug-likeness (QED) is 0.852. The second-order valence-corrected chi connectivity index (χ2v) is 4.35. The van der Waals surface area contributed by atoms with E-state index in [1.54, 1.807) is 12.1 Å². The van der Waals surface area contributed by atoms with Crippen molar-refractivity contribution in [2.75, 3.05) is 0 Å². The molecule has 18 heavy (non-hydrogen) atoms. The maximum absolute atomic E-state index is 11.9. The Morgan fingerprint density at radius 3 is 2.72 bits per heavy atom. The van der Waals surface area contributed by atoms with Crippen molar-refractivity contribution >= 4 is 5.78 Å². The van der Waals surface area contributed by atoms with Crippen molar-refractivity contribution in [3.05, 3.63) is 41.5 Å². The van der Waals surface area contributed by atoms with E-state index < -0.39 is 0 Å². The molecule has 0 unspecified atom stereocenters. The molecular weight excluding hydrogens is 230 g/mol. The van der Waals surface area contributed by atoms with Crippen LogP contribution in [0.5, 0.6) is 17.5 Å². The molecule has 1 heterocycles. The molecule has 4 nitrogen and oxygen atoms in total. The zero-order chi connectivity index (χ0) is 12.5. The van der Waals surface area contributed by atoms with Gasteiger partial charge in [-0.1, -0.05) is 18.2 Å². The number of ketones is 1. The van der Waals surface area contributed by atoms with E-state index in [0.717, 1.165) is 6.42 Å². The minimum atomic E-state index is 0.0266. The lowest BCUT2D eigenvalue weighted by molar-refractivity contribution is 0.0970. The number of para-hydroxylation sites is 1. The van der Waals surface area contributed by atoms with Crippen LogP contribution >= 0.6 is 0 Å². The third-order valence-electron chi connectivity index (χ3n) is 3.12. The first-order valence-corrected chi connectivity index (χ1v) is 5.95. The first-order chi connectivity index (χ1) is 8.75. The average Bonchev–Trinajstić information content (AvgIpc) is 2.69. The smallest absolute Gasteiger partial charge is 0.211 e. The first kappa shape index (κ1) is 10.9. The number of Topliss-reactive ketones (excluding diaryl/α,β-unsaturated/α-hetero) is 1. The van der Waals surface area contributed by atoms with Gasteiger partial charge in [0.15, 0.2) is 11.7 Å². The van der Waals surface area contributed by atoms with Crippen molar-refractivity contribution in [1.29, 1.82) is 0 Å². The highest BCUT2D eigenvalue weighted by molar-refractivity contribution is 6.01. The second-order valence-electron chi connectivity index (χ2n) is 4.35. The number of aromatic nitrogens is 1. The summed E-state index contributed by atoms with van der Waals surface area (Å²) in [5.74, 6) is 1.06.